The summed E-state index contributed by atoms with van der Waals surface area (Å²) in [5, 5.41) is 3.37. The maximum absolute atomic E-state index is 12.9. The Hall–Kier alpha value is -1.86. The van der Waals surface area contributed by atoms with Crippen molar-refractivity contribution in [2.75, 3.05) is 19.6 Å². The van der Waals surface area contributed by atoms with E-state index in [4.69, 9.17) is 4.42 Å². The van der Waals surface area contributed by atoms with Gasteiger partial charge in [-0.1, -0.05) is 6.07 Å². The Morgan fingerprint density at radius 2 is 2.17 bits per heavy atom. The Labute approximate surface area is 138 Å². The van der Waals surface area contributed by atoms with E-state index in [9.17, 15) is 13.2 Å². The number of rotatable bonds is 3. The minimum absolute atomic E-state index is 0.233. The number of benzene rings is 1. The molecule has 1 aromatic carbocycles. The zero-order valence-electron chi connectivity index (χ0n) is 13.7. The molecule has 130 valence electrons. The number of aromatic nitrogens is 1. The molecular weight excluding hydrogens is 319 g/mol. The molecule has 1 N–H and O–H groups in total. The van der Waals surface area contributed by atoms with Gasteiger partial charge in [0, 0.05) is 37.8 Å². The van der Waals surface area contributed by atoms with Crippen LogP contribution < -0.4 is 5.32 Å². The second kappa shape index (κ2) is 6.57. The molecule has 0 spiro atoms. The summed E-state index contributed by atoms with van der Waals surface area (Å²) in [5.41, 5.74) is 0.415. The highest BCUT2D eigenvalue weighted by molar-refractivity contribution is 5.55. The van der Waals surface area contributed by atoms with Crippen LogP contribution in [0.25, 0.3) is 11.5 Å². The summed E-state index contributed by atoms with van der Waals surface area (Å²) in [6, 6.07) is 5.48. The third-order valence-electron chi connectivity index (χ3n) is 4.16. The first-order valence-electron chi connectivity index (χ1n) is 7.92. The highest BCUT2D eigenvalue weighted by Crippen LogP contribution is 2.32. The van der Waals surface area contributed by atoms with Crippen LogP contribution in [0, 0.1) is 6.92 Å². The third kappa shape index (κ3) is 3.79. The first-order chi connectivity index (χ1) is 11.3. The predicted octanol–water partition coefficient (Wildman–Crippen LogP) is 3.46. The van der Waals surface area contributed by atoms with Crippen molar-refractivity contribution in [1.82, 2.24) is 15.2 Å². The molecule has 2 aromatic rings. The van der Waals surface area contributed by atoms with Crippen molar-refractivity contribution in [2.45, 2.75) is 32.6 Å². The minimum atomic E-state index is -4.38. The lowest BCUT2D eigenvalue weighted by Crippen LogP contribution is -2.48. The van der Waals surface area contributed by atoms with Gasteiger partial charge in [-0.15, -0.1) is 0 Å². The smallest absolute Gasteiger partial charge is 0.416 e. The van der Waals surface area contributed by atoms with Gasteiger partial charge in [0.2, 0.25) is 5.89 Å². The van der Waals surface area contributed by atoms with E-state index >= 15 is 0 Å². The summed E-state index contributed by atoms with van der Waals surface area (Å²) in [6.45, 7) is 7.29. The van der Waals surface area contributed by atoms with Gasteiger partial charge in [0.05, 0.1) is 11.3 Å². The standard InChI is InChI=1S/C17H20F3N3O/c1-11-9-23(7-6-21-11)10-15-12(2)24-16(22-15)13-4-3-5-14(8-13)17(18,19)20/h3-5,8,11,21H,6-7,9-10H2,1-2H3/t11-/m1/s1. The molecule has 2 heterocycles. The summed E-state index contributed by atoms with van der Waals surface area (Å²) in [4.78, 5) is 6.69. The van der Waals surface area contributed by atoms with Crippen LogP contribution in [0.3, 0.4) is 0 Å². The molecule has 4 nitrogen and oxygen atoms in total. The molecule has 0 radical (unpaired) electrons. The number of nitrogens with zero attached hydrogens (tertiary/aromatic N) is 2. The fourth-order valence-corrected chi connectivity index (χ4v) is 2.89. The average molecular weight is 339 g/mol. The lowest BCUT2D eigenvalue weighted by Gasteiger charge is -2.31. The molecule has 0 saturated carbocycles. The summed E-state index contributed by atoms with van der Waals surface area (Å²) >= 11 is 0. The van der Waals surface area contributed by atoms with Crippen LogP contribution in [-0.4, -0.2) is 35.6 Å². The number of piperazine rings is 1. The van der Waals surface area contributed by atoms with Crippen molar-refractivity contribution < 1.29 is 17.6 Å². The van der Waals surface area contributed by atoms with Crippen molar-refractivity contribution in [2.24, 2.45) is 0 Å². The number of hydrogen-bond donors (Lipinski definition) is 1. The largest absolute Gasteiger partial charge is 0.441 e. The van der Waals surface area contributed by atoms with Crippen LogP contribution >= 0.6 is 0 Å². The van der Waals surface area contributed by atoms with Crippen molar-refractivity contribution in [1.29, 1.82) is 0 Å². The second-order valence-electron chi connectivity index (χ2n) is 6.19. The van der Waals surface area contributed by atoms with E-state index in [0.717, 1.165) is 37.5 Å². The first kappa shape index (κ1) is 17.0. The maximum atomic E-state index is 12.9. The molecule has 1 aliphatic heterocycles. The predicted molar refractivity (Wildman–Crippen MR) is 84.4 cm³/mol. The number of oxazole rings is 1. The van der Waals surface area contributed by atoms with Crippen LogP contribution in [0.2, 0.25) is 0 Å². The topological polar surface area (TPSA) is 41.3 Å². The number of aryl methyl sites for hydroxylation is 1. The van der Waals surface area contributed by atoms with Gasteiger partial charge in [0.25, 0.3) is 0 Å². The van der Waals surface area contributed by atoms with Gasteiger partial charge in [-0.25, -0.2) is 4.98 Å². The third-order valence-corrected chi connectivity index (χ3v) is 4.16. The molecule has 1 atom stereocenters. The lowest BCUT2D eigenvalue weighted by molar-refractivity contribution is -0.137. The minimum Gasteiger partial charge on any atom is -0.441 e. The zero-order valence-corrected chi connectivity index (χ0v) is 13.7. The fraction of sp³-hybridized carbons (Fsp3) is 0.471. The number of halogens is 3. The maximum Gasteiger partial charge on any atom is 0.416 e. The molecule has 0 aliphatic carbocycles. The van der Waals surface area contributed by atoms with E-state index in [2.05, 4.69) is 22.1 Å². The van der Waals surface area contributed by atoms with Crippen molar-refractivity contribution in [3.05, 3.63) is 41.3 Å². The number of nitrogens with one attached hydrogen (secondary N) is 1. The first-order valence-corrected chi connectivity index (χ1v) is 7.92. The molecule has 0 amide bonds. The lowest BCUT2D eigenvalue weighted by atomic mass is 10.1. The van der Waals surface area contributed by atoms with Gasteiger partial charge >= 0.3 is 6.18 Å². The van der Waals surface area contributed by atoms with Crippen LogP contribution in [0.15, 0.2) is 28.7 Å². The van der Waals surface area contributed by atoms with Crippen LogP contribution in [0.5, 0.6) is 0 Å². The van der Waals surface area contributed by atoms with Crippen LogP contribution in [0.1, 0.15) is 23.9 Å². The van der Waals surface area contributed by atoms with E-state index in [-0.39, 0.29) is 5.89 Å². The summed E-state index contributed by atoms with van der Waals surface area (Å²) in [6.07, 6.45) is -4.38. The molecule has 1 aliphatic rings. The van der Waals surface area contributed by atoms with E-state index in [1.165, 1.54) is 6.07 Å². The molecule has 0 unspecified atom stereocenters. The molecule has 24 heavy (non-hydrogen) atoms. The Morgan fingerprint density at radius 3 is 2.88 bits per heavy atom. The van der Waals surface area contributed by atoms with E-state index < -0.39 is 11.7 Å². The summed E-state index contributed by atoms with van der Waals surface area (Å²) in [7, 11) is 0. The molecule has 3 rings (SSSR count). The molecule has 1 aromatic heterocycles. The van der Waals surface area contributed by atoms with Crippen molar-refractivity contribution in [3.63, 3.8) is 0 Å². The molecule has 1 fully saturated rings. The van der Waals surface area contributed by atoms with Gasteiger partial charge in [-0.05, 0) is 32.0 Å². The normalized spacial score (nSPS) is 19.6. The fourth-order valence-electron chi connectivity index (χ4n) is 2.89. The molecule has 7 heteroatoms. The van der Waals surface area contributed by atoms with Crippen molar-refractivity contribution in [3.8, 4) is 11.5 Å². The molecular formula is C17H20F3N3O. The van der Waals surface area contributed by atoms with Gasteiger partial charge < -0.3 is 9.73 Å². The number of alkyl halides is 3. The SMILES string of the molecule is Cc1oc(-c2cccc(C(F)(F)F)c2)nc1CN1CCN[C@H](C)C1. The van der Waals surface area contributed by atoms with Gasteiger partial charge in [0.1, 0.15) is 5.76 Å². The van der Waals surface area contributed by atoms with E-state index in [0.29, 0.717) is 23.9 Å². The van der Waals surface area contributed by atoms with E-state index in [1.54, 1.807) is 13.0 Å². The van der Waals surface area contributed by atoms with Gasteiger partial charge in [-0.2, -0.15) is 13.2 Å². The van der Waals surface area contributed by atoms with Crippen molar-refractivity contribution >= 4 is 0 Å². The van der Waals surface area contributed by atoms with Crippen LogP contribution in [-0.2, 0) is 12.7 Å². The van der Waals surface area contributed by atoms with E-state index in [1.807, 2.05) is 0 Å². The summed E-state index contributed by atoms with van der Waals surface area (Å²) < 4.78 is 44.2. The highest BCUT2D eigenvalue weighted by atomic mass is 19.4. The van der Waals surface area contributed by atoms with Crippen LogP contribution in [0.4, 0.5) is 13.2 Å². The quantitative estimate of drug-likeness (QED) is 0.930. The molecule has 0 bridgehead atoms. The van der Waals surface area contributed by atoms with Gasteiger partial charge in [-0.3, -0.25) is 4.90 Å². The molecule has 1 saturated heterocycles. The Bertz CT molecular complexity index is 711. The zero-order chi connectivity index (χ0) is 17.3. The average Bonchev–Trinajstić information content (AvgIpc) is 2.88. The Balaban J connectivity index is 1.81. The highest BCUT2D eigenvalue weighted by Gasteiger charge is 2.31. The Morgan fingerprint density at radius 1 is 1.38 bits per heavy atom. The second-order valence-corrected chi connectivity index (χ2v) is 6.19. The van der Waals surface area contributed by atoms with Gasteiger partial charge in [0.15, 0.2) is 0 Å². The Kier molecular flexibility index (Phi) is 4.64. The monoisotopic (exact) mass is 339 g/mol. The number of hydrogen-bond acceptors (Lipinski definition) is 4. The summed E-state index contributed by atoms with van der Waals surface area (Å²) in [5.74, 6) is 0.880.